The van der Waals surface area contributed by atoms with Gasteiger partial charge in [-0.15, -0.1) is 11.6 Å². The van der Waals surface area contributed by atoms with Crippen molar-refractivity contribution in [2.24, 2.45) is 0 Å². The van der Waals surface area contributed by atoms with Gasteiger partial charge in [-0.3, -0.25) is 9.97 Å². The fourth-order valence-electron chi connectivity index (χ4n) is 1.50. The van der Waals surface area contributed by atoms with E-state index in [0.29, 0.717) is 18.2 Å². The zero-order valence-electron chi connectivity index (χ0n) is 9.86. The van der Waals surface area contributed by atoms with E-state index in [2.05, 4.69) is 25.9 Å². The third-order valence-electron chi connectivity index (χ3n) is 2.31. The number of alkyl halides is 1. The fourth-order valence-corrected chi connectivity index (χ4v) is 2.01. The molecule has 0 atom stereocenters. The van der Waals surface area contributed by atoms with Gasteiger partial charge < -0.3 is 4.74 Å². The average Bonchev–Trinajstić information content (AvgIpc) is 2.37. The number of nitrogens with zero attached hydrogens (tertiary/aromatic N) is 2. The number of ether oxygens (including phenoxy) is 1. The minimum Gasteiger partial charge on any atom is -0.490 e. The second-order valence-electron chi connectivity index (χ2n) is 3.70. The minimum atomic E-state index is 0.452. The highest BCUT2D eigenvalue weighted by atomic mass is 79.9. The first-order valence-electron chi connectivity index (χ1n) is 5.49. The SMILES string of the molecule is Cc1cccc(-c2cc(Br)c(OCCCl)cn2)n1. The lowest BCUT2D eigenvalue weighted by atomic mass is 10.2. The summed E-state index contributed by atoms with van der Waals surface area (Å²) in [5.74, 6) is 1.14. The Bertz CT molecular complexity index is 548. The predicted molar refractivity (Wildman–Crippen MR) is 76.1 cm³/mol. The van der Waals surface area contributed by atoms with Crippen LogP contribution in [0.5, 0.6) is 5.75 Å². The molecule has 0 aromatic carbocycles. The number of hydrogen-bond acceptors (Lipinski definition) is 3. The van der Waals surface area contributed by atoms with Crippen molar-refractivity contribution in [2.45, 2.75) is 6.92 Å². The van der Waals surface area contributed by atoms with E-state index in [1.165, 1.54) is 0 Å². The lowest BCUT2D eigenvalue weighted by Gasteiger charge is -2.07. The highest BCUT2D eigenvalue weighted by Gasteiger charge is 2.06. The third-order valence-corrected chi connectivity index (χ3v) is 3.08. The van der Waals surface area contributed by atoms with Crippen molar-refractivity contribution in [1.29, 1.82) is 0 Å². The molecule has 2 aromatic heterocycles. The van der Waals surface area contributed by atoms with Gasteiger partial charge in [0.25, 0.3) is 0 Å². The molecular weight excluding hydrogens is 316 g/mol. The Labute approximate surface area is 119 Å². The molecule has 2 rings (SSSR count). The summed E-state index contributed by atoms with van der Waals surface area (Å²) in [5.41, 5.74) is 2.62. The first kappa shape index (κ1) is 13.3. The van der Waals surface area contributed by atoms with Gasteiger partial charge in [-0.2, -0.15) is 0 Å². The quantitative estimate of drug-likeness (QED) is 0.801. The van der Waals surface area contributed by atoms with Crippen molar-refractivity contribution in [3.63, 3.8) is 0 Å². The van der Waals surface area contributed by atoms with Gasteiger partial charge in [0.05, 0.1) is 27.9 Å². The summed E-state index contributed by atoms with van der Waals surface area (Å²) in [5, 5.41) is 0. The Balaban J connectivity index is 2.28. The lowest BCUT2D eigenvalue weighted by Crippen LogP contribution is -1.99. The molecule has 2 aromatic rings. The highest BCUT2D eigenvalue weighted by Crippen LogP contribution is 2.28. The Kier molecular flexibility index (Phi) is 4.55. The first-order valence-corrected chi connectivity index (χ1v) is 6.82. The molecule has 0 amide bonds. The average molecular weight is 328 g/mol. The van der Waals surface area contributed by atoms with Crippen molar-refractivity contribution in [3.05, 3.63) is 40.6 Å². The van der Waals surface area contributed by atoms with Gasteiger partial charge in [-0.05, 0) is 41.1 Å². The van der Waals surface area contributed by atoms with Crippen LogP contribution >= 0.6 is 27.5 Å². The van der Waals surface area contributed by atoms with E-state index in [1.54, 1.807) is 6.20 Å². The second kappa shape index (κ2) is 6.16. The Morgan fingerprint density at radius 2 is 2.17 bits per heavy atom. The summed E-state index contributed by atoms with van der Waals surface area (Å²) in [4.78, 5) is 8.77. The molecule has 0 unspecified atom stereocenters. The first-order chi connectivity index (χ1) is 8.70. The van der Waals surface area contributed by atoms with Gasteiger partial charge in [0.2, 0.25) is 0 Å². The molecule has 0 radical (unpaired) electrons. The molecule has 0 aliphatic rings. The molecule has 0 spiro atoms. The van der Waals surface area contributed by atoms with E-state index >= 15 is 0 Å². The molecule has 0 saturated heterocycles. The molecule has 2 heterocycles. The zero-order valence-corrected chi connectivity index (χ0v) is 12.2. The molecule has 94 valence electrons. The van der Waals surface area contributed by atoms with Gasteiger partial charge in [0, 0.05) is 5.69 Å². The maximum Gasteiger partial charge on any atom is 0.151 e. The van der Waals surface area contributed by atoms with E-state index in [1.807, 2.05) is 31.2 Å². The van der Waals surface area contributed by atoms with Crippen LogP contribution in [0, 0.1) is 6.92 Å². The molecule has 3 nitrogen and oxygen atoms in total. The Morgan fingerprint density at radius 3 is 2.83 bits per heavy atom. The van der Waals surface area contributed by atoms with Crippen LogP contribution in [-0.2, 0) is 0 Å². The molecule has 0 saturated carbocycles. The molecule has 0 aliphatic heterocycles. The van der Waals surface area contributed by atoms with E-state index < -0.39 is 0 Å². The largest absolute Gasteiger partial charge is 0.490 e. The fraction of sp³-hybridized carbons (Fsp3) is 0.231. The second-order valence-corrected chi connectivity index (χ2v) is 4.93. The summed E-state index contributed by atoms with van der Waals surface area (Å²) < 4.78 is 6.29. The van der Waals surface area contributed by atoms with Gasteiger partial charge in [0.15, 0.2) is 5.75 Å². The van der Waals surface area contributed by atoms with Crippen LogP contribution in [0.3, 0.4) is 0 Å². The monoisotopic (exact) mass is 326 g/mol. The number of aromatic nitrogens is 2. The van der Waals surface area contributed by atoms with Crippen molar-refractivity contribution in [3.8, 4) is 17.1 Å². The summed E-state index contributed by atoms with van der Waals surface area (Å²) in [7, 11) is 0. The molecule has 0 bridgehead atoms. The van der Waals surface area contributed by atoms with Crippen molar-refractivity contribution >= 4 is 27.5 Å². The van der Waals surface area contributed by atoms with Crippen LogP contribution in [0.15, 0.2) is 34.9 Å². The smallest absolute Gasteiger partial charge is 0.151 e. The zero-order chi connectivity index (χ0) is 13.0. The number of rotatable bonds is 4. The van der Waals surface area contributed by atoms with Gasteiger partial charge >= 0.3 is 0 Å². The van der Waals surface area contributed by atoms with Crippen LogP contribution in [0.2, 0.25) is 0 Å². The van der Waals surface area contributed by atoms with E-state index in [9.17, 15) is 0 Å². The summed E-state index contributed by atoms with van der Waals surface area (Å²) >= 11 is 9.03. The van der Waals surface area contributed by atoms with Crippen LogP contribution in [0.4, 0.5) is 0 Å². The number of hydrogen-bond donors (Lipinski definition) is 0. The van der Waals surface area contributed by atoms with Gasteiger partial charge in [0.1, 0.15) is 6.61 Å². The molecule has 5 heteroatoms. The van der Waals surface area contributed by atoms with E-state index in [4.69, 9.17) is 16.3 Å². The van der Waals surface area contributed by atoms with Gasteiger partial charge in [-0.25, -0.2) is 0 Å². The maximum absolute atomic E-state index is 5.58. The molecule has 0 fully saturated rings. The molecule has 18 heavy (non-hydrogen) atoms. The van der Waals surface area contributed by atoms with Crippen molar-refractivity contribution in [2.75, 3.05) is 12.5 Å². The van der Waals surface area contributed by atoms with Crippen LogP contribution in [0.1, 0.15) is 5.69 Å². The Morgan fingerprint density at radius 1 is 1.33 bits per heavy atom. The van der Waals surface area contributed by atoms with Crippen LogP contribution < -0.4 is 4.74 Å². The normalized spacial score (nSPS) is 10.4. The summed E-state index contributed by atoms with van der Waals surface area (Å²) in [6, 6.07) is 7.74. The predicted octanol–water partition coefficient (Wildman–Crippen LogP) is 3.83. The standard InChI is InChI=1S/C13H12BrClN2O/c1-9-3-2-4-11(17-9)12-7-10(14)13(8-16-12)18-6-5-15/h2-4,7-8H,5-6H2,1H3. The van der Waals surface area contributed by atoms with Gasteiger partial charge in [-0.1, -0.05) is 6.07 Å². The number of pyridine rings is 2. The number of halogens is 2. The molecule has 0 N–H and O–H groups in total. The van der Waals surface area contributed by atoms with Crippen molar-refractivity contribution < 1.29 is 4.74 Å². The highest BCUT2D eigenvalue weighted by molar-refractivity contribution is 9.10. The van der Waals surface area contributed by atoms with E-state index in [-0.39, 0.29) is 0 Å². The lowest BCUT2D eigenvalue weighted by molar-refractivity contribution is 0.339. The van der Waals surface area contributed by atoms with Crippen LogP contribution in [0.25, 0.3) is 11.4 Å². The minimum absolute atomic E-state index is 0.452. The number of aryl methyl sites for hydroxylation is 1. The maximum atomic E-state index is 5.58. The third kappa shape index (κ3) is 3.21. The Hall–Kier alpha value is -1.13. The van der Waals surface area contributed by atoms with E-state index in [0.717, 1.165) is 21.6 Å². The summed E-state index contributed by atoms with van der Waals surface area (Å²) in [6.45, 7) is 2.42. The topological polar surface area (TPSA) is 35.0 Å². The van der Waals surface area contributed by atoms with Crippen LogP contribution in [-0.4, -0.2) is 22.5 Å². The van der Waals surface area contributed by atoms with Crippen molar-refractivity contribution in [1.82, 2.24) is 9.97 Å². The summed E-state index contributed by atoms with van der Waals surface area (Å²) in [6.07, 6.45) is 1.68. The molecule has 0 aliphatic carbocycles. The molecular formula is C13H12BrClN2O.